The molecule has 0 radical (unpaired) electrons. The van der Waals surface area contributed by atoms with Gasteiger partial charge in [-0.2, -0.15) is 0 Å². The summed E-state index contributed by atoms with van der Waals surface area (Å²) >= 11 is 0. The Morgan fingerprint density at radius 1 is 1.24 bits per heavy atom. The molecular weight excluding hydrogens is 216 g/mol. The lowest BCUT2D eigenvalue weighted by molar-refractivity contribution is -0.144. The van der Waals surface area contributed by atoms with E-state index in [2.05, 4.69) is 6.58 Å². The van der Waals surface area contributed by atoms with E-state index in [1.807, 2.05) is 37.3 Å². The molecule has 1 aliphatic heterocycles. The molecule has 0 bridgehead atoms. The molecule has 1 atom stereocenters. The van der Waals surface area contributed by atoms with Crippen molar-refractivity contribution in [2.75, 3.05) is 19.8 Å². The van der Waals surface area contributed by atoms with E-state index in [-0.39, 0.29) is 18.0 Å². The first-order valence-electron chi connectivity index (χ1n) is 5.60. The summed E-state index contributed by atoms with van der Waals surface area (Å²) in [4.78, 5) is 11.5. The molecule has 0 amide bonds. The molecule has 90 valence electrons. The number of hydrogen-bond acceptors (Lipinski definition) is 3. The van der Waals surface area contributed by atoms with Gasteiger partial charge in [0, 0.05) is 0 Å². The number of esters is 1. The van der Waals surface area contributed by atoms with Crippen molar-refractivity contribution in [3.05, 3.63) is 48.0 Å². The van der Waals surface area contributed by atoms with Crippen LogP contribution in [0, 0.1) is 0 Å². The third kappa shape index (κ3) is 2.56. The minimum absolute atomic E-state index is 0.237. The van der Waals surface area contributed by atoms with Crippen molar-refractivity contribution in [3.63, 3.8) is 0 Å². The molecule has 0 N–H and O–H groups in total. The molecule has 0 aromatic heterocycles. The minimum Gasteiger partial charge on any atom is -0.461 e. The lowest BCUT2D eigenvalue weighted by atomic mass is 9.84. The number of carbonyl (C=O) groups excluding carboxylic acids is 1. The standard InChI is InChI=1S/C14H16O3/c1-11-8-16-9-14(2,10-17-13(11)15)12-6-4-3-5-7-12/h3-7H,1,8-10H2,2H3. The number of ether oxygens (including phenoxy) is 2. The van der Waals surface area contributed by atoms with Crippen molar-refractivity contribution < 1.29 is 14.3 Å². The Labute approximate surface area is 101 Å². The van der Waals surface area contributed by atoms with Gasteiger partial charge in [0.25, 0.3) is 0 Å². The zero-order valence-electron chi connectivity index (χ0n) is 9.94. The Kier molecular flexibility index (Phi) is 3.29. The van der Waals surface area contributed by atoms with Gasteiger partial charge in [0.15, 0.2) is 0 Å². The average Bonchev–Trinajstić information content (AvgIpc) is 2.35. The fourth-order valence-corrected chi connectivity index (χ4v) is 1.83. The molecular formula is C14H16O3. The largest absolute Gasteiger partial charge is 0.461 e. The Morgan fingerprint density at radius 3 is 2.65 bits per heavy atom. The SMILES string of the molecule is C=C1COCC(C)(c2ccccc2)COC1=O. The zero-order chi connectivity index (χ0) is 12.3. The number of rotatable bonds is 1. The van der Waals surface area contributed by atoms with Gasteiger partial charge < -0.3 is 9.47 Å². The van der Waals surface area contributed by atoms with E-state index in [1.54, 1.807) is 0 Å². The van der Waals surface area contributed by atoms with Crippen molar-refractivity contribution in [2.45, 2.75) is 12.3 Å². The summed E-state index contributed by atoms with van der Waals surface area (Å²) < 4.78 is 10.8. The number of benzene rings is 1. The minimum atomic E-state index is -0.369. The van der Waals surface area contributed by atoms with Crippen molar-refractivity contribution in [1.29, 1.82) is 0 Å². The molecule has 2 rings (SSSR count). The molecule has 3 nitrogen and oxygen atoms in total. The van der Waals surface area contributed by atoms with Crippen molar-refractivity contribution in [2.24, 2.45) is 0 Å². The van der Waals surface area contributed by atoms with Crippen LogP contribution in [0.4, 0.5) is 0 Å². The quantitative estimate of drug-likeness (QED) is 0.549. The summed E-state index contributed by atoms with van der Waals surface area (Å²) in [6, 6.07) is 9.95. The third-order valence-electron chi connectivity index (χ3n) is 2.98. The normalized spacial score (nSPS) is 25.9. The maximum atomic E-state index is 11.5. The first-order chi connectivity index (χ1) is 8.12. The van der Waals surface area contributed by atoms with Gasteiger partial charge in [0.1, 0.15) is 6.61 Å². The van der Waals surface area contributed by atoms with Gasteiger partial charge in [-0.15, -0.1) is 0 Å². The molecule has 1 aromatic rings. The summed E-state index contributed by atoms with van der Waals surface area (Å²) in [6.45, 7) is 6.72. The first-order valence-corrected chi connectivity index (χ1v) is 5.60. The van der Waals surface area contributed by atoms with Gasteiger partial charge in [-0.25, -0.2) is 4.79 Å². The smallest absolute Gasteiger partial charge is 0.335 e. The lowest BCUT2D eigenvalue weighted by Gasteiger charge is -2.31. The highest BCUT2D eigenvalue weighted by atomic mass is 16.5. The van der Waals surface area contributed by atoms with Crippen LogP contribution >= 0.6 is 0 Å². The molecule has 1 aliphatic rings. The fourth-order valence-electron chi connectivity index (χ4n) is 1.83. The summed E-state index contributed by atoms with van der Waals surface area (Å²) in [5.74, 6) is -0.369. The average molecular weight is 232 g/mol. The van der Waals surface area contributed by atoms with Crippen molar-refractivity contribution >= 4 is 5.97 Å². The fraction of sp³-hybridized carbons (Fsp3) is 0.357. The number of hydrogen-bond donors (Lipinski definition) is 0. The molecule has 0 spiro atoms. The molecule has 1 aromatic carbocycles. The Balaban J connectivity index is 2.20. The number of carbonyl (C=O) groups is 1. The van der Waals surface area contributed by atoms with E-state index in [1.165, 1.54) is 0 Å². The predicted octanol–water partition coefficient (Wildman–Crippen LogP) is 2.07. The van der Waals surface area contributed by atoms with Crippen LogP contribution in [-0.2, 0) is 19.7 Å². The van der Waals surface area contributed by atoms with Crippen LogP contribution in [0.1, 0.15) is 12.5 Å². The van der Waals surface area contributed by atoms with Gasteiger partial charge in [-0.1, -0.05) is 43.8 Å². The van der Waals surface area contributed by atoms with Crippen LogP contribution in [0.2, 0.25) is 0 Å². The van der Waals surface area contributed by atoms with Gasteiger partial charge in [-0.05, 0) is 5.56 Å². The highest BCUT2D eigenvalue weighted by Crippen LogP contribution is 2.26. The maximum absolute atomic E-state index is 11.5. The first kappa shape index (κ1) is 11.9. The molecule has 1 heterocycles. The Morgan fingerprint density at radius 2 is 1.94 bits per heavy atom. The second-order valence-electron chi connectivity index (χ2n) is 4.60. The van der Waals surface area contributed by atoms with E-state index in [9.17, 15) is 4.79 Å². The summed E-state index contributed by atoms with van der Waals surface area (Å²) in [6.07, 6.45) is 0. The molecule has 1 saturated heterocycles. The van der Waals surface area contributed by atoms with E-state index >= 15 is 0 Å². The van der Waals surface area contributed by atoms with Gasteiger partial charge in [0.05, 0.1) is 24.2 Å². The van der Waals surface area contributed by atoms with Crippen molar-refractivity contribution in [3.8, 4) is 0 Å². The van der Waals surface area contributed by atoms with E-state index in [4.69, 9.17) is 9.47 Å². The maximum Gasteiger partial charge on any atom is 0.335 e. The van der Waals surface area contributed by atoms with Crippen LogP contribution in [-0.4, -0.2) is 25.8 Å². The highest BCUT2D eigenvalue weighted by Gasteiger charge is 2.31. The van der Waals surface area contributed by atoms with Gasteiger partial charge in [0.2, 0.25) is 0 Å². The van der Waals surface area contributed by atoms with Crippen LogP contribution < -0.4 is 0 Å². The highest BCUT2D eigenvalue weighted by molar-refractivity contribution is 5.88. The summed E-state index contributed by atoms with van der Waals surface area (Å²) in [5, 5.41) is 0. The zero-order valence-corrected chi connectivity index (χ0v) is 9.94. The Hall–Kier alpha value is -1.61. The van der Waals surface area contributed by atoms with E-state index in [0.29, 0.717) is 18.8 Å². The van der Waals surface area contributed by atoms with Gasteiger partial charge >= 0.3 is 5.97 Å². The van der Waals surface area contributed by atoms with E-state index < -0.39 is 0 Å². The van der Waals surface area contributed by atoms with Crippen molar-refractivity contribution in [1.82, 2.24) is 0 Å². The molecule has 0 aliphatic carbocycles. The van der Waals surface area contributed by atoms with Crippen LogP contribution in [0.5, 0.6) is 0 Å². The molecule has 17 heavy (non-hydrogen) atoms. The lowest BCUT2D eigenvalue weighted by Crippen LogP contribution is -2.37. The number of cyclic esters (lactones) is 1. The summed E-state index contributed by atoms with van der Waals surface area (Å²) in [7, 11) is 0. The molecule has 1 unspecified atom stereocenters. The predicted molar refractivity (Wildman–Crippen MR) is 64.7 cm³/mol. The Bertz CT molecular complexity index is 424. The topological polar surface area (TPSA) is 35.5 Å². The monoisotopic (exact) mass is 232 g/mol. The summed E-state index contributed by atoms with van der Waals surface area (Å²) in [5.41, 5.74) is 1.19. The third-order valence-corrected chi connectivity index (χ3v) is 2.98. The molecule has 0 saturated carbocycles. The van der Waals surface area contributed by atoms with Gasteiger partial charge in [-0.3, -0.25) is 0 Å². The van der Waals surface area contributed by atoms with Crippen LogP contribution in [0.15, 0.2) is 42.5 Å². The molecule has 1 fully saturated rings. The van der Waals surface area contributed by atoms with E-state index in [0.717, 1.165) is 5.56 Å². The second kappa shape index (κ2) is 4.72. The van der Waals surface area contributed by atoms with Crippen LogP contribution in [0.3, 0.4) is 0 Å². The second-order valence-corrected chi connectivity index (χ2v) is 4.60. The van der Waals surface area contributed by atoms with Crippen LogP contribution in [0.25, 0.3) is 0 Å². The molecule has 3 heteroatoms.